The van der Waals surface area contributed by atoms with Crippen molar-refractivity contribution in [1.82, 2.24) is 5.32 Å². The number of hydrogen-bond acceptors (Lipinski definition) is 4. The quantitative estimate of drug-likeness (QED) is 0.635. The van der Waals surface area contributed by atoms with Gasteiger partial charge in [-0.3, -0.25) is 0 Å². The van der Waals surface area contributed by atoms with Gasteiger partial charge in [0.2, 0.25) is 0 Å². The summed E-state index contributed by atoms with van der Waals surface area (Å²) in [5.74, 6) is 0. The van der Waals surface area contributed by atoms with Gasteiger partial charge in [0, 0.05) is 19.3 Å². The molecule has 0 bridgehead atoms. The lowest BCUT2D eigenvalue weighted by molar-refractivity contribution is -0.0793. The molecule has 0 aromatic carbocycles. The van der Waals surface area contributed by atoms with Gasteiger partial charge in [-0.25, -0.2) is 0 Å². The van der Waals surface area contributed by atoms with Gasteiger partial charge in [-0.15, -0.1) is 0 Å². The number of hydrogen-bond donors (Lipinski definition) is 1. The Morgan fingerprint density at radius 2 is 2.29 bits per heavy atom. The van der Waals surface area contributed by atoms with Crippen LogP contribution in [0.5, 0.6) is 0 Å². The molecule has 84 valence electrons. The molecular weight excluding hydrogens is 182 g/mol. The third kappa shape index (κ3) is 3.92. The first kappa shape index (κ1) is 11.9. The molecular formula is C10H21NO3. The molecule has 0 saturated carbocycles. The fourth-order valence-electron chi connectivity index (χ4n) is 1.61. The minimum Gasteiger partial charge on any atom is -0.379 e. The van der Waals surface area contributed by atoms with Crippen molar-refractivity contribution in [2.24, 2.45) is 0 Å². The highest BCUT2D eigenvalue weighted by molar-refractivity contribution is 4.78. The molecule has 0 aliphatic carbocycles. The standard InChI is InChI=1S/C10H21NO3/c1-3-12-6-7-14-10-8-13-5-4-9(10)11-2/h9-11H,3-8H2,1-2H3. The van der Waals surface area contributed by atoms with E-state index < -0.39 is 0 Å². The van der Waals surface area contributed by atoms with Crippen LogP contribution < -0.4 is 5.32 Å². The molecule has 2 unspecified atom stereocenters. The first-order valence-corrected chi connectivity index (χ1v) is 5.32. The summed E-state index contributed by atoms with van der Waals surface area (Å²) in [5.41, 5.74) is 0. The molecule has 1 rings (SSSR count). The first-order chi connectivity index (χ1) is 6.88. The Kier molecular flexibility index (Phi) is 6.10. The van der Waals surface area contributed by atoms with E-state index in [0.29, 0.717) is 25.9 Å². The molecule has 0 radical (unpaired) electrons. The maximum atomic E-state index is 5.68. The van der Waals surface area contributed by atoms with E-state index in [4.69, 9.17) is 14.2 Å². The van der Waals surface area contributed by atoms with E-state index in [-0.39, 0.29) is 6.10 Å². The summed E-state index contributed by atoms with van der Waals surface area (Å²) in [5, 5.41) is 3.25. The Morgan fingerprint density at radius 1 is 1.43 bits per heavy atom. The van der Waals surface area contributed by atoms with Crippen molar-refractivity contribution in [1.29, 1.82) is 0 Å². The van der Waals surface area contributed by atoms with Gasteiger partial charge in [0.05, 0.1) is 25.9 Å². The summed E-state index contributed by atoms with van der Waals surface area (Å²) in [6, 6.07) is 0.422. The molecule has 14 heavy (non-hydrogen) atoms. The second-order valence-corrected chi connectivity index (χ2v) is 3.36. The monoisotopic (exact) mass is 203 g/mol. The lowest BCUT2D eigenvalue weighted by Gasteiger charge is -2.31. The third-order valence-electron chi connectivity index (χ3n) is 2.44. The van der Waals surface area contributed by atoms with Gasteiger partial charge in [-0.2, -0.15) is 0 Å². The fraction of sp³-hybridized carbons (Fsp3) is 1.00. The molecule has 0 spiro atoms. The lowest BCUT2D eigenvalue weighted by atomic mass is 10.1. The van der Waals surface area contributed by atoms with E-state index in [1.807, 2.05) is 14.0 Å². The van der Waals surface area contributed by atoms with Gasteiger partial charge in [0.25, 0.3) is 0 Å². The highest BCUT2D eigenvalue weighted by Gasteiger charge is 2.24. The Hall–Kier alpha value is -0.160. The van der Waals surface area contributed by atoms with Crippen LogP contribution in [-0.2, 0) is 14.2 Å². The van der Waals surface area contributed by atoms with Gasteiger partial charge in [0.15, 0.2) is 0 Å². The van der Waals surface area contributed by atoms with Crippen molar-refractivity contribution in [3.63, 3.8) is 0 Å². The van der Waals surface area contributed by atoms with Gasteiger partial charge in [-0.1, -0.05) is 0 Å². The summed E-state index contributed by atoms with van der Waals surface area (Å²) < 4.78 is 16.2. The summed E-state index contributed by atoms with van der Waals surface area (Å²) in [6.07, 6.45) is 1.20. The molecule has 1 N–H and O–H groups in total. The van der Waals surface area contributed by atoms with E-state index >= 15 is 0 Å². The summed E-state index contributed by atoms with van der Waals surface area (Å²) in [7, 11) is 1.97. The minimum absolute atomic E-state index is 0.175. The molecule has 4 heteroatoms. The van der Waals surface area contributed by atoms with Crippen LogP contribution in [0.2, 0.25) is 0 Å². The topological polar surface area (TPSA) is 39.7 Å². The predicted octanol–water partition coefficient (Wildman–Crippen LogP) is 0.416. The normalized spacial score (nSPS) is 27.9. The Morgan fingerprint density at radius 3 is 3.00 bits per heavy atom. The molecule has 1 heterocycles. The molecule has 1 saturated heterocycles. The maximum absolute atomic E-state index is 5.68. The van der Waals surface area contributed by atoms with Gasteiger partial charge < -0.3 is 19.5 Å². The molecule has 2 atom stereocenters. The number of nitrogens with one attached hydrogen (secondary N) is 1. The summed E-state index contributed by atoms with van der Waals surface area (Å²) in [6.45, 7) is 5.58. The lowest BCUT2D eigenvalue weighted by Crippen LogP contribution is -2.46. The van der Waals surface area contributed by atoms with Crippen LogP contribution in [0, 0.1) is 0 Å². The van der Waals surface area contributed by atoms with Crippen LogP contribution in [0.1, 0.15) is 13.3 Å². The van der Waals surface area contributed by atoms with E-state index in [1.165, 1.54) is 0 Å². The highest BCUT2D eigenvalue weighted by Crippen LogP contribution is 2.10. The SMILES string of the molecule is CCOCCOC1COCCC1NC. The van der Waals surface area contributed by atoms with Crippen molar-refractivity contribution in [3.05, 3.63) is 0 Å². The first-order valence-electron chi connectivity index (χ1n) is 5.32. The summed E-state index contributed by atoms with van der Waals surface area (Å²) >= 11 is 0. The smallest absolute Gasteiger partial charge is 0.0962 e. The average Bonchev–Trinajstić information content (AvgIpc) is 2.25. The van der Waals surface area contributed by atoms with E-state index in [2.05, 4.69) is 5.32 Å². The second kappa shape index (κ2) is 7.17. The van der Waals surface area contributed by atoms with Crippen molar-refractivity contribution in [2.75, 3.05) is 40.1 Å². The average molecular weight is 203 g/mol. The molecule has 0 amide bonds. The number of rotatable bonds is 6. The van der Waals surface area contributed by atoms with E-state index in [9.17, 15) is 0 Å². The maximum Gasteiger partial charge on any atom is 0.0962 e. The van der Waals surface area contributed by atoms with E-state index in [0.717, 1.165) is 19.6 Å². The van der Waals surface area contributed by atoms with Crippen LogP contribution in [0.3, 0.4) is 0 Å². The molecule has 1 fully saturated rings. The number of ether oxygens (including phenoxy) is 3. The number of likely N-dealkylation sites (N-methyl/N-ethyl adjacent to an activating group) is 1. The van der Waals surface area contributed by atoms with Crippen molar-refractivity contribution in [2.45, 2.75) is 25.5 Å². The van der Waals surface area contributed by atoms with Crippen LogP contribution in [-0.4, -0.2) is 52.2 Å². The highest BCUT2D eigenvalue weighted by atomic mass is 16.6. The molecule has 4 nitrogen and oxygen atoms in total. The zero-order valence-corrected chi connectivity index (χ0v) is 9.12. The van der Waals surface area contributed by atoms with Crippen LogP contribution in [0.25, 0.3) is 0 Å². The molecule has 0 aromatic rings. The predicted molar refractivity (Wildman–Crippen MR) is 54.5 cm³/mol. The third-order valence-corrected chi connectivity index (χ3v) is 2.44. The Balaban J connectivity index is 2.13. The van der Waals surface area contributed by atoms with Crippen molar-refractivity contribution >= 4 is 0 Å². The van der Waals surface area contributed by atoms with Gasteiger partial charge >= 0.3 is 0 Å². The van der Waals surface area contributed by atoms with Crippen LogP contribution in [0.4, 0.5) is 0 Å². The van der Waals surface area contributed by atoms with Crippen LogP contribution in [0.15, 0.2) is 0 Å². The van der Waals surface area contributed by atoms with Crippen molar-refractivity contribution < 1.29 is 14.2 Å². The van der Waals surface area contributed by atoms with Crippen molar-refractivity contribution in [3.8, 4) is 0 Å². The van der Waals surface area contributed by atoms with Gasteiger partial charge in [-0.05, 0) is 20.4 Å². The van der Waals surface area contributed by atoms with Gasteiger partial charge in [0.1, 0.15) is 0 Å². The second-order valence-electron chi connectivity index (χ2n) is 3.36. The fourth-order valence-corrected chi connectivity index (χ4v) is 1.61. The summed E-state index contributed by atoms with van der Waals surface area (Å²) in [4.78, 5) is 0. The zero-order valence-electron chi connectivity index (χ0n) is 9.12. The Bertz CT molecular complexity index is 143. The minimum atomic E-state index is 0.175. The molecule has 1 aliphatic heterocycles. The largest absolute Gasteiger partial charge is 0.379 e. The van der Waals surface area contributed by atoms with Crippen LogP contribution >= 0.6 is 0 Å². The van der Waals surface area contributed by atoms with E-state index in [1.54, 1.807) is 0 Å². The molecule has 0 aromatic heterocycles. The Labute approximate surface area is 85.9 Å². The molecule has 1 aliphatic rings. The zero-order chi connectivity index (χ0) is 10.2.